The number of hydrogen-bond donors (Lipinski definition) is 1. The average molecular weight is 249 g/mol. The van der Waals surface area contributed by atoms with Crippen LogP contribution in [0.15, 0.2) is 23.1 Å². The van der Waals surface area contributed by atoms with Crippen LogP contribution in [-0.2, 0) is 5.54 Å². The zero-order valence-electron chi connectivity index (χ0n) is 10.5. The first-order valence-corrected chi connectivity index (χ1v) is 7.12. The first-order valence-electron chi connectivity index (χ1n) is 6.30. The van der Waals surface area contributed by atoms with Gasteiger partial charge in [0.25, 0.3) is 0 Å². The molecule has 0 amide bonds. The summed E-state index contributed by atoms with van der Waals surface area (Å²) in [7, 11) is 0. The van der Waals surface area contributed by atoms with Crippen molar-refractivity contribution in [1.82, 2.24) is 0 Å². The molecule has 2 aliphatic rings. The highest BCUT2D eigenvalue weighted by Gasteiger charge is 2.35. The number of nitrogens with two attached hydrogens (primary N) is 1. The molecule has 1 fully saturated rings. The van der Waals surface area contributed by atoms with Crippen molar-refractivity contribution in [2.75, 3.05) is 0 Å². The number of hydrogen-bond acceptors (Lipinski definition) is 3. The van der Waals surface area contributed by atoms with Gasteiger partial charge in [0.2, 0.25) is 0 Å². The molecule has 1 aromatic carbocycles. The van der Waals surface area contributed by atoms with Crippen molar-refractivity contribution in [3.8, 4) is 5.75 Å². The summed E-state index contributed by atoms with van der Waals surface area (Å²) in [6.45, 7) is 4.20. The molecule has 0 aromatic heterocycles. The minimum absolute atomic E-state index is 0.115. The first kappa shape index (κ1) is 11.4. The summed E-state index contributed by atoms with van der Waals surface area (Å²) in [4.78, 5) is 1.10. The van der Waals surface area contributed by atoms with E-state index < -0.39 is 0 Å². The SMILES string of the molecule is CC1(C)Oc2cc(C3(N)CCCC3)ccc2S1. The molecule has 92 valence electrons. The van der Waals surface area contributed by atoms with E-state index in [2.05, 4.69) is 32.0 Å². The predicted octanol–water partition coefficient (Wildman–Crippen LogP) is 3.64. The lowest BCUT2D eigenvalue weighted by Crippen LogP contribution is -2.33. The summed E-state index contributed by atoms with van der Waals surface area (Å²) in [5.41, 5.74) is 7.61. The van der Waals surface area contributed by atoms with Crippen molar-refractivity contribution >= 4 is 11.8 Å². The number of fused-ring (bicyclic) bond motifs is 1. The average Bonchev–Trinajstić information content (AvgIpc) is 2.79. The Bertz CT molecular complexity index is 450. The molecule has 0 radical (unpaired) electrons. The van der Waals surface area contributed by atoms with E-state index in [1.807, 2.05) is 0 Å². The lowest BCUT2D eigenvalue weighted by Gasteiger charge is -2.24. The fourth-order valence-electron chi connectivity index (χ4n) is 2.83. The van der Waals surface area contributed by atoms with Gasteiger partial charge < -0.3 is 10.5 Å². The zero-order valence-corrected chi connectivity index (χ0v) is 11.3. The van der Waals surface area contributed by atoms with Crippen LogP contribution in [0.5, 0.6) is 5.75 Å². The lowest BCUT2D eigenvalue weighted by atomic mass is 9.89. The van der Waals surface area contributed by atoms with Crippen molar-refractivity contribution in [3.05, 3.63) is 23.8 Å². The Balaban J connectivity index is 1.95. The smallest absolute Gasteiger partial charge is 0.153 e. The van der Waals surface area contributed by atoms with Gasteiger partial charge in [-0.05, 0) is 44.4 Å². The second-order valence-electron chi connectivity index (χ2n) is 5.63. The second-order valence-corrected chi connectivity index (χ2v) is 7.26. The minimum Gasteiger partial charge on any atom is -0.476 e. The van der Waals surface area contributed by atoms with Crippen LogP contribution < -0.4 is 10.5 Å². The van der Waals surface area contributed by atoms with Crippen LogP contribution in [0.2, 0.25) is 0 Å². The van der Waals surface area contributed by atoms with E-state index >= 15 is 0 Å². The molecule has 3 rings (SSSR count). The summed E-state index contributed by atoms with van der Waals surface area (Å²) in [6, 6.07) is 6.50. The lowest BCUT2D eigenvalue weighted by molar-refractivity contribution is 0.214. The van der Waals surface area contributed by atoms with Crippen LogP contribution >= 0.6 is 11.8 Å². The third-order valence-electron chi connectivity index (χ3n) is 3.73. The number of rotatable bonds is 1. The Labute approximate surface area is 107 Å². The van der Waals surface area contributed by atoms with E-state index in [4.69, 9.17) is 10.5 Å². The van der Waals surface area contributed by atoms with Gasteiger partial charge in [-0.25, -0.2) is 0 Å². The number of ether oxygens (including phenoxy) is 1. The molecule has 2 N–H and O–H groups in total. The van der Waals surface area contributed by atoms with E-state index in [1.54, 1.807) is 11.8 Å². The van der Waals surface area contributed by atoms with Gasteiger partial charge in [-0.3, -0.25) is 0 Å². The monoisotopic (exact) mass is 249 g/mol. The fraction of sp³-hybridized carbons (Fsp3) is 0.571. The van der Waals surface area contributed by atoms with Gasteiger partial charge in [0.1, 0.15) is 5.75 Å². The van der Waals surface area contributed by atoms with Crippen LogP contribution in [0, 0.1) is 0 Å². The summed E-state index contributed by atoms with van der Waals surface area (Å²) >= 11 is 1.78. The molecule has 1 aliphatic carbocycles. The third-order valence-corrected chi connectivity index (χ3v) is 4.86. The Morgan fingerprint density at radius 3 is 2.65 bits per heavy atom. The van der Waals surface area contributed by atoms with Gasteiger partial charge in [0, 0.05) is 5.54 Å². The summed E-state index contributed by atoms with van der Waals surface area (Å²) in [6.07, 6.45) is 4.69. The van der Waals surface area contributed by atoms with Crippen molar-refractivity contribution in [3.63, 3.8) is 0 Å². The van der Waals surface area contributed by atoms with Crippen molar-refractivity contribution in [2.45, 2.75) is 54.9 Å². The molecule has 0 spiro atoms. The van der Waals surface area contributed by atoms with Crippen LogP contribution in [0.4, 0.5) is 0 Å². The molecule has 17 heavy (non-hydrogen) atoms. The second kappa shape index (κ2) is 3.66. The number of benzene rings is 1. The highest BCUT2D eigenvalue weighted by molar-refractivity contribution is 8.00. The normalized spacial score (nSPS) is 24.4. The number of thioether (sulfide) groups is 1. The minimum atomic E-state index is -0.140. The van der Waals surface area contributed by atoms with E-state index in [0.717, 1.165) is 18.6 Å². The van der Waals surface area contributed by atoms with Crippen LogP contribution in [-0.4, -0.2) is 4.93 Å². The van der Waals surface area contributed by atoms with E-state index in [1.165, 1.54) is 23.3 Å². The molecule has 1 heterocycles. The Morgan fingerprint density at radius 2 is 1.94 bits per heavy atom. The Hall–Kier alpha value is -0.670. The quantitative estimate of drug-likeness (QED) is 0.825. The Morgan fingerprint density at radius 1 is 1.24 bits per heavy atom. The largest absolute Gasteiger partial charge is 0.476 e. The highest BCUT2D eigenvalue weighted by Crippen LogP contribution is 2.49. The van der Waals surface area contributed by atoms with Gasteiger partial charge >= 0.3 is 0 Å². The topological polar surface area (TPSA) is 35.2 Å². The van der Waals surface area contributed by atoms with Crippen molar-refractivity contribution in [1.29, 1.82) is 0 Å². The Kier molecular flexibility index (Phi) is 2.46. The van der Waals surface area contributed by atoms with Crippen LogP contribution in [0.25, 0.3) is 0 Å². The maximum absolute atomic E-state index is 6.48. The van der Waals surface area contributed by atoms with E-state index in [9.17, 15) is 0 Å². The molecule has 1 aliphatic heterocycles. The fourth-order valence-corrected chi connectivity index (χ4v) is 3.83. The molecule has 0 saturated heterocycles. The first-order chi connectivity index (χ1) is 7.99. The highest BCUT2D eigenvalue weighted by atomic mass is 32.2. The van der Waals surface area contributed by atoms with Crippen molar-refractivity contribution in [2.24, 2.45) is 5.73 Å². The molecule has 2 nitrogen and oxygen atoms in total. The molecule has 1 aromatic rings. The zero-order chi connectivity index (χ0) is 12.1. The van der Waals surface area contributed by atoms with Gasteiger partial charge in [-0.15, -0.1) is 0 Å². The van der Waals surface area contributed by atoms with Gasteiger partial charge in [-0.1, -0.05) is 30.7 Å². The van der Waals surface area contributed by atoms with Crippen LogP contribution in [0.1, 0.15) is 45.1 Å². The molecule has 0 atom stereocenters. The molecule has 0 bridgehead atoms. The summed E-state index contributed by atoms with van der Waals surface area (Å²) < 4.78 is 5.95. The maximum Gasteiger partial charge on any atom is 0.153 e. The molecule has 3 heteroatoms. The molecule has 0 unspecified atom stereocenters. The summed E-state index contributed by atoms with van der Waals surface area (Å²) in [5, 5.41) is 0. The molecule has 1 saturated carbocycles. The predicted molar refractivity (Wildman–Crippen MR) is 71.3 cm³/mol. The van der Waals surface area contributed by atoms with Gasteiger partial charge in [0.05, 0.1) is 4.90 Å². The third kappa shape index (κ3) is 1.95. The van der Waals surface area contributed by atoms with Gasteiger partial charge in [-0.2, -0.15) is 0 Å². The maximum atomic E-state index is 6.48. The summed E-state index contributed by atoms with van der Waals surface area (Å²) in [5.74, 6) is 1.01. The standard InChI is InChI=1S/C14H19NOS/c1-13(2)16-11-9-10(5-6-12(11)17-13)14(15)7-3-4-8-14/h5-6,9H,3-4,7-8,15H2,1-2H3. The van der Waals surface area contributed by atoms with E-state index in [-0.39, 0.29) is 10.5 Å². The van der Waals surface area contributed by atoms with Gasteiger partial charge in [0.15, 0.2) is 4.93 Å². The van der Waals surface area contributed by atoms with Crippen LogP contribution in [0.3, 0.4) is 0 Å². The van der Waals surface area contributed by atoms with Crippen molar-refractivity contribution < 1.29 is 4.74 Å². The molecular weight excluding hydrogens is 230 g/mol. The van der Waals surface area contributed by atoms with E-state index in [0.29, 0.717) is 0 Å². The molecular formula is C14H19NOS.